The molecule has 172 valence electrons. The standard InChI is InChI=1S/C21H22F3N3O3S2/c1-14-2-4-15(5-3-14)12-27-9-8-16(13-27)11-25-32(28,29)20-7-6-18(31-20)17-10-19(30-26-17)21(22,23)24/h2-7,10,16,25H,8-9,11-13H2,1H3/t16-/m1/s1. The maximum absolute atomic E-state index is 12.7. The van der Waals surface area contributed by atoms with Gasteiger partial charge in [-0.2, -0.15) is 13.2 Å². The number of aromatic nitrogens is 1. The zero-order valence-electron chi connectivity index (χ0n) is 17.2. The van der Waals surface area contributed by atoms with Gasteiger partial charge in [-0.1, -0.05) is 35.0 Å². The van der Waals surface area contributed by atoms with Crippen LogP contribution in [0.3, 0.4) is 0 Å². The van der Waals surface area contributed by atoms with Crippen LogP contribution in [0.5, 0.6) is 0 Å². The molecule has 0 aliphatic carbocycles. The lowest BCUT2D eigenvalue weighted by molar-refractivity contribution is -0.155. The molecule has 3 heterocycles. The van der Waals surface area contributed by atoms with E-state index in [1.165, 1.54) is 23.3 Å². The van der Waals surface area contributed by atoms with Crippen LogP contribution in [0.15, 0.2) is 51.2 Å². The van der Waals surface area contributed by atoms with E-state index in [0.717, 1.165) is 43.5 Å². The Hall–Kier alpha value is -2.21. The predicted molar refractivity (Wildman–Crippen MR) is 115 cm³/mol. The van der Waals surface area contributed by atoms with Crippen LogP contribution >= 0.6 is 11.3 Å². The van der Waals surface area contributed by atoms with E-state index in [-0.39, 0.29) is 20.7 Å². The van der Waals surface area contributed by atoms with E-state index in [1.807, 2.05) is 6.92 Å². The Morgan fingerprint density at radius 1 is 1.22 bits per heavy atom. The number of thiophene rings is 1. The van der Waals surface area contributed by atoms with Crippen LogP contribution in [0, 0.1) is 12.8 Å². The summed E-state index contributed by atoms with van der Waals surface area (Å²) < 4.78 is 70.4. The monoisotopic (exact) mass is 485 g/mol. The van der Waals surface area contributed by atoms with Crippen molar-refractivity contribution < 1.29 is 26.1 Å². The first-order valence-electron chi connectivity index (χ1n) is 10.0. The number of alkyl halides is 3. The molecule has 3 aromatic rings. The highest BCUT2D eigenvalue weighted by Crippen LogP contribution is 2.35. The Morgan fingerprint density at radius 2 is 1.97 bits per heavy atom. The van der Waals surface area contributed by atoms with Gasteiger partial charge in [-0.3, -0.25) is 4.90 Å². The molecule has 1 atom stereocenters. The minimum absolute atomic E-state index is 0.0265. The number of rotatable bonds is 7. The minimum Gasteiger partial charge on any atom is -0.351 e. The molecule has 0 spiro atoms. The summed E-state index contributed by atoms with van der Waals surface area (Å²) in [4.78, 5) is 2.59. The fourth-order valence-electron chi connectivity index (χ4n) is 3.60. The SMILES string of the molecule is Cc1ccc(CN2CC[C@H](CNS(=O)(=O)c3ccc(-c4cc(C(F)(F)F)on4)s3)C2)cc1. The highest BCUT2D eigenvalue weighted by Gasteiger charge is 2.36. The van der Waals surface area contributed by atoms with Gasteiger partial charge < -0.3 is 4.52 Å². The van der Waals surface area contributed by atoms with Crippen LogP contribution in [0.25, 0.3) is 10.6 Å². The number of nitrogens with zero attached hydrogens (tertiary/aromatic N) is 2. The predicted octanol–water partition coefficient (Wildman–Crippen LogP) is 4.53. The van der Waals surface area contributed by atoms with Crippen LogP contribution < -0.4 is 4.72 Å². The summed E-state index contributed by atoms with van der Waals surface area (Å²) in [6.45, 7) is 4.88. The van der Waals surface area contributed by atoms with Gasteiger partial charge >= 0.3 is 6.18 Å². The third-order valence-corrected chi connectivity index (χ3v) is 8.37. The fraction of sp³-hybridized carbons (Fsp3) is 0.381. The number of hydrogen-bond acceptors (Lipinski definition) is 6. The van der Waals surface area contributed by atoms with E-state index >= 15 is 0 Å². The van der Waals surface area contributed by atoms with E-state index in [2.05, 4.69) is 43.6 Å². The number of nitrogens with one attached hydrogen (secondary N) is 1. The molecule has 0 saturated carbocycles. The fourth-order valence-corrected chi connectivity index (χ4v) is 6.02. The Bertz CT molecular complexity index is 1170. The van der Waals surface area contributed by atoms with Crippen LogP contribution in [0.2, 0.25) is 0 Å². The lowest BCUT2D eigenvalue weighted by atomic mass is 10.1. The van der Waals surface area contributed by atoms with Crippen LogP contribution in [-0.2, 0) is 22.7 Å². The van der Waals surface area contributed by atoms with Crippen molar-refractivity contribution in [2.45, 2.75) is 30.3 Å². The zero-order chi connectivity index (χ0) is 22.9. The molecule has 32 heavy (non-hydrogen) atoms. The molecule has 4 rings (SSSR count). The summed E-state index contributed by atoms with van der Waals surface area (Å²) in [7, 11) is -3.77. The highest BCUT2D eigenvalue weighted by molar-refractivity contribution is 7.91. The van der Waals surface area contributed by atoms with Gasteiger partial charge in [0, 0.05) is 25.7 Å². The molecule has 11 heteroatoms. The number of halogens is 3. The summed E-state index contributed by atoms with van der Waals surface area (Å²) in [5.74, 6) is -1.03. The Balaban J connectivity index is 1.33. The zero-order valence-corrected chi connectivity index (χ0v) is 18.9. The smallest absolute Gasteiger partial charge is 0.351 e. The van der Waals surface area contributed by atoms with E-state index < -0.39 is 22.0 Å². The number of benzene rings is 1. The molecule has 6 nitrogen and oxygen atoms in total. The molecule has 0 radical (unpaired) electrons. The van der Waals surface area contributed by atoms with Crippen molar-refractivity contribution in [3.63, 3.8) is 0 Å². The van der Waals surface area contributed by atoms with Crippen molar-refractivity contribution >= 4 is 21.4 Å². The number of aryl methyl sites for hydroxylation is 1. The van der Waals surface area contributed by atoms with Crippen molar-refractivity contribution in [3.8, 4) is 10.6 Å². The normalized spacial score (nSPS) is 17.8. The van der Waals surface area contributed by atoms with E-state index in [0.29, 0.717) is 6.54 Å². The van der Waals surface area contributed by atoms with Gasteiger partial charge in [-0.25, -0.2) is 13.1 Å². The summed E-state index contributed by atoms with van der Waals surface area (Å²) in [5, 5.41) is 3.40. The molecule has 0 bridgehead atoms. The third-order valence-electron chi connectivity index (χ3n) is 5.35. The van der Waals surface area contributed by atoms with Gasteiger partial charge in [0.25, 0.3) is 0 Å². The molecule has 0 amide bonds. The van der Waals surface area contributed by atoms with Crippen LogP contribution in [-0.4, -0.2) is 38.1 Å². The average Bonchev–Trinajstić information content (AvgIpc) is 3.48. The first-order valence-corrected chi connectivity index (χ1v) is 12.3. The van der Waals surface area contributed by atoms with Gasteiger partial charge in [0.05, 0.1) is 4.88 Å². The molecule has 2 aromatic heterocycles. The molecular weight excluding hydrogens is 463 g/mol. The molecule has 0 unspecified atom stereocenters. The lowest BCUT2D eigenvalue weighted by Crippen LogP contribution is -2.30. The molecule has 1 fully saturated rings. The summed E-state index contributed by atoms with van der Waals surface area (Å²) >= 11 is 0.852. The second kappa shape index (κ2) is 8.97. The first kappa shape index (κ1) is 23.0. The highest BCUT2D eigenvalue weighted by atomic mass is 32.2. The molecule has 1 aliphatic heterocycles. The largest absolute Gasteiger partial charge is 0.452 e. The topological polar surface area (TPSA) is 75.4 Å². The van der Waals surface area contributed by atoms with Crippen LogP contribution in [0.4, 0.5) is 13.2 Å². The minimum atomic E-state index is -4.65. The van der Waals surface area contributed by atoms with E-state index in [4.69, 9.17) is 0 Å². The maximum Gasteiger partial charge on any atom is 0.452 e. The van der Waals surface area contributed by atoms with Gasteiger partial charge in [-0.05, 0) is 43.5 Å². The van der Waals surface area contributed by atoms with Gasteiger partial charge in [0.2, 0.25) is 15.8 Å². The van der Waals surface area contributed by atoms with Crippen molar-refractivity contribution in [1.82, 2.24) is 14.8 Å². The number of sulfonamides is 1. The number of hydrogen-bond donors (Lipinski definition) is 1. The Labute approximate surface area is 188 Å². The molecule has 1 saturated heterocycles. The lowest BCUT2D eigenvalue weighted by Gasteiger charge is -2.16. The van der Waals surface area contributed by atoms with Crippen molar-refractivity contribution in [1.29, 1.82) is 0 Å². The first-order chi connectivity index (χ1) is 15.1. The summed E-state index contributed by atoms with van der Waals surface area (Å²) in [6.07, 6.45) is -3.75. The van der Waals surface area contributed by atoms with Crippen molar-refractivity contribution in [2.75, 3.05) is 19.6 Å². The molecule has 1 N–H and O–H groups in total. The van der Waals surface area contributed by atoms with Gasteiger partial charge in [0.15, 0.2) is 0 Å². The Morgan fingerprint density at radius 3 is 2.66 bits per heavy atom. The summed E-state index contributed by atoms with van der Waals surface area (Å²) in [6, 6.07) is 11.9. The van der Waals surface area contributed by atoms with Gasteiger partial charge in [-0.15, -0.1) is 11.3 Å². The molecular formula is C21H22F3N3O3S2. The van der Waals surface area contributed by atoms with Gasteiger partial charge in [0.1, 0.15) is 9.90 Å². The average molecular weight is 486 g/mol. The second-order valence-electron chi connectivity index (χ2n) is 7.92. The number of likely N-dealkylation sites (tertiary alicyclic amines) is 1. The van der Waals surface area contributed by atoms with Crippen molar-refractivity contribution in [2.24, 2.45) is 5.92 Å². The van der Waals surface area contributed by atoms with E-state index in [1.54, 1.807) is 0 Å². The molecule has 1 aliphatic rings. The van der Waals surface area contributed by atoms with Crippen molar-refractivity contribution in [3.05, 3.63) is 59.4 Å². The summed E-state index contributed by atoms with van der Waals surface area (Å²) in [5.41, 5.74) is 2.39. The quantitative estimate of drug-likeness (QED) is 0.532. The Kier molecular flexibility index (Phi) is 6.44. The third kappa shape index (κ3) is 5.40. The second-order valence-corrected chi connectivity index (χ2v) is 11.0. The van der Waals surface area contributed by atoms with E-state index in [9.17, 15) is 21.6 Å². The molecule has 1 aromatic carbocycles. The van der Waals surface area contributed by atoms with Crippen LogP contribution in [0.1, 0.15) is 23.3 Å². The maximum atomic E-state index is 12.7.